The standard InChI is InChI=1S/C12H24N4O2S/c1-3-5-10(6-7-13)8-15-19(17,18)12-9-14-11(4-2)16-12/h9-10,15H,3-8,13H2,1-2H3,(H,14,16). The fourth-order valence-corrected chi connectivity index (χ4v) is 3.01. The number of H-pyrrole nitrogens is 1. The summed E-state index contributed by atoms with van der Waals surface area (Å²) in [5.41, 5.74) is 5.54. The number of nitrogens with zero attached hydrogens (tertiary/aromatic N) is 1. The van der Waals surface area contributed by atoms with Crippen LogP contribution in [-0.4, -0.2) is 31.5 Å². The zero-order valence-electron chi connectivity index (χ0n) is 11.6. The highest BCUT2D eigenvalue weighted by atomic mass is 32.2. The summed E-state index contributed by atoms with van der Waals surface area (Å²) in [6, 6.07) is 0. The van der Waals surface area contributed by atoms with Gasteiger partial charge in [-0.05, 0) is 25.3 Å². The van der Waals surface area contributed by atoms with Crippen LogP contribution >= 0.6 is 0 Å². The molecule has 0 radical (unpaired) electrons. The second-order valence-corrected chi connectivity index (χ2v) is 6.37. The molecule has 0 fully saturated rings. The van der Waals surface area contributed by atoms with Gasteiger partial charge in [0.05, 0.1) is 6.20 Å². The molecule has 19 heavy (non-hydrogen) atoms. The van der Waals surface area contributed by atoms with E-state index in [1.165, 1.54) is 6.20 Å². The summed E-state index contributed by atoms with van der Waals surface area (Å²) in [5.74, 6) is 0.964. The van der Waals surface area contributed by atoms with E-state index < -0.39 is 10.0 Å². The molecule has 0 amide bonds. The number of imidazole rings is 1. The Hall–Kier alpha value is -0.920. The van der Waals surface area contributed by atoms with Crippen molar-refractivity contribution in [3.8, 4) is 0 Å². The molecule has 1 rings (SSSR count). The molecule has 7 heteroatoms. The highest BCUT2D eigenvalue weighted by Crippen LogP contribution is 2.11. The van der Waals surface area contributed by atoms with Gasteiger partial charge in [-0.15, -0.1) is 0 Å². The number of hydrogen-bond acceptors (Lipinski definition) is 4. The number of nitrogens with two attached hydrogens (primary N) is 1. The largest absolute Gasteiger partial charge is 0.332 e. The number of nitrogens with one attached hydrogen (secondary N) is 2. The van der Waals surface area contributed by atoms with Gasteiger partial charge in [-0.25, -0.2) is 18.1 Å². The zero-order valence-corrected chi connectivity index (χ0v) is 12.5. The second kappa shape index (κ2) is 7.62. The maximum Gasteiger partial charge on any atom is 0.257 e. The third-order valence-electron chi connectivity index (χ3n) is 3.06. The molecule has 0 saturated heterocycles. The Morgan fingerprint density at radius 3 is 2.68 bits per heavy atom. The van der Waals surface area contributed by atoms with Gasteiger partial charge in [0.1, 0.15) is 5.82 Å². The molecule has 0 saturated carbocycles. The van der Waals surface area contributed by atoms with Crippen LogP contribution in [0.3, 0.4) is 0 Å². The summed E-state index contributed by atoms with van der Waals surface area (Å²) < 4.78 is 26.7. The Morgan fingerprint density at radius 2 is 2.16 bits per heavy atom. The van der Waals surface area contributed by atoms with Crippen molar-refractivity contribution in [3.63, 3.8) is 0 Å². The van der Waals surface area contributed by atoms with Crippen molar-refractivity contribution < 1.29 is 8.42 Å². The highest BCUT2D eigenvalue weighted by Gasteiger charge is 2.18. The van der Waals surface area contributed by atoms with Crippen LogP contribution in [0.4, 0.5) is 0 Å². The lowest BCUT2D eigenvalue weighted by atomic mass is 10.0. The van der Waals surface area contributed by atoms with Crippen molar-refractivity contribution in [2.45, 2.75) is 44.6 Å². The lowest BCUT2D eigenvalue weighted by Gasteiger charge is -2.15. The average Bonchev–Trinajstić information content (AvgIpc) is 2.86. The Bertz CT molecular complexity index is 464. The van der Waals surface area contributed by atoms with Crippen LogP contribution in [0.25, 0.3) is 0 Å². The first-order chi connectivity index (χ1) is 9.03. The Labute approximate surface area is 115 Å². The molecule has 1 unspecified atom stereocenters. The fourth-order valence-electron chi connectivity index (χ4n) is 1.96. The van der Waals surface area contributed by atoms with Gasteiger partial charge < -0.3 is 10.7 Å². The first-order valence-electron chi connectivity index (χ1n) is 6.77. The van der Waals surface area contributed by atoms with Gasteiger partial charge >= 0.3 is 0 Å². The van der Waals surface area contributed by atoms with Crippen molar-refractivity contribution in [2.24, 2.45) is 11.7 Å². The van der Waals surface area contributed by atoms with Crippen molar-refractivity contribution in [2.75, 3.05) is 13.1 Å². The molecule has 1 heterocycles. The summed E-state index contributed by atoms with van der Waals surface area (Å²) in [4.78, 5) is 6.81. The van der Waals surface area contributed by atoms with Crippen LogP contribution in [0.15, 0.2) is 11.2 Å². The van der Waals surface area contributed by atoms with Gasteiger partial charge in [0.2, 0.25) is 0 Å². The lowest BCUT2D eigenvalue weighted by Crippen LogP contribution is -2.30. The summed E-state index contributed by atoms with van der Waals surface area (Å²) in [5, 5.41) is 0.132. The first-order valence-corrected chi connectivity index (χ1v) is 8.25. The monoisotopic (exact) mass is 288 g/mol. The quantitative estimate of drug-likeness (QED) is 0.631. The number of rotatable bonds is 9. The van der Waals surface area contributed by atoms with Gasteiger partial charge in [-0.3, -0.25) is 0 Å². The molecule has 0 aliphatic rings. The number of sulfonamides is 1. The van der Waals surface area contributed by atoms with Gasteiger partial charge in [0.25, 0.3) is 10.0 Å². The first kappa shape index (κ1) is 16.1. The number of aryl methyl sites for hydroxylation is 1. The summed E-state index contributed by atoms with van der Waals surface area (Å²) in [7, 11) is -3.49. The molecule has 110 valence electrons. The van der Waals surface area contributed by atoms with Crippen LogP contribution in [0.1, 0.15) is 38.9 Å². The second-order valence-electron chi connectivity index (χ2n) is 4.63. The van der Waals surface area contributed by atoms with Crippen molar-refractivity contribution in [1.82, 2.24) is 14.7 Å². The van der Waals surface area contributed by atoms with E-state index in [9.17, 15) is 8.42 Å². The molecule has 0 aromatic carbocycles. The average molecular weight is 288 g/mol. The van der Waals surface area contributed by atoms with E-state index in [-0.39, 0.29) is 5.03 Å². The smallest absolute Gasteiger partial charge is 0.257 e. The predicted octanol–water partition coefficient (Wildman–Crippen LogP) is 1.02. The SMILES string of the molecule is CCCC(CCN)CNS(=O)(=O)c1cnc(CC)[nH]1. The number of hydrogen-bond donors (Lipinski definition) is 3. The maximum atomic E-state index is 12.1. The van der Waals surface area contributed by atoms with Crippen LogP contribution in [0.5, 0.6) is 0 Å². The minimum Gasteiger partial charge on any atom is -0.332 e. The third-order valence-corrected chi connectivity index (χ3v) is 4.40. The molecule has 6 nitrogen and oxygen atoms in total. The topological polar surface area (TPSA) is 101 Å². The van der Waals surface area contributed by atoms with Crippen molar-refractivity contribution in [1.29, 1.82) is 0 Å². The minimum absolute atomic E-state index is 0.132. The van der Waals surface area contributed by atoms with Crippen LogP contribution in [-0.2, 0) is 16.4 Å². The molecule has 1 atom stereocenters. The van der Waals surface area contributed by atoms with Gasteiger partial charge in [0, 0.05) is 13.0 Å². The third kappa shape index (κ3) is 4.93. The summed E-state index contributed by atoms with van der Waals surface area (Å²) in [6.07, 6.45) is 4.87. The molecule has 4 N–H and O–H groups in total. The van der Waals surface area contributed by atoms with Crippen molar-refractivity contribution >= 4 is 10.0 Å². The van der Waals surface area contributed by atoms with Crippen LogP contribution < -0.4 is 10.5 Å². The molecule has 1 aromatic rings. The Morgan fingerprint density at radius 1 is 1.42 bits per heavy atom. The molecular formula is C12H24N4O2S. The highest BCUT2D eigenvalue weighted by molar-refractivity contribution is 7.89. The van der Waals surface area contributed by atoms with E-state index in [0.717, 1.165) is 19.3 Å². The van der Waals surface area contributed by atoms with E-state index >= 15 is 0 Å². The predicted molar refractivity (Wildman–Crippen MR) is 75.2 cm³/mol. The van der Waals surface area contributed by atoms with E-state index in [2.05, 4.69) is 21.6 Å². The molecule has 0 aliphatic carbocycles. The Balaban J connectivity index is 2.63. The van der Waals surface area contributed by atoms with Crippen LogP contribution in [0.2, 0.25) is 0 Å². The molecule has 0 bridgehead atoms. The van der Waals surface area contributed by atoms with Crippen molar-refractivity contribution in [3.05, 3.63) is 12.0 Å². The summed E-state index contributed by atoms with van der Waals surface area (Å²) in [6.45, 7) is 5.01. The maximum absolute atomic E-state index is 12.1. The van der Waals surface area contributed by atoms with E-state index in [0.29, 0.717) is 31.3 Å². The van der Waals surface area contributed by atoms with Crippen LogP contribution in [0, 0.1) is 5.92 Å². The van der Waals surface area contributed by atoms with E-state index in [4.69, 9.17) is 5.73 Å². The summed E-state index contributed by atoms with van der Waals surface area (Å²) >= 11 is 0. The zero-order chi connectivity index (χ0) is 14.3. The normalized spacial score (nSPS) is 13.6. The molecular weight excluding hydrogens is 264 g/mol. The van der Waals surface area contributed by atoms with Gasteiger partial charge in [-0.1, -0.05) is 20.3 Å². The number of aromatic amines is 1. The lowest BCUT2D eigenvalue weighted by molar-refractivity contribution is 0.443. The molecule has 1 aromatic heterocycles. The number of aromatic nitrogens is 2. The minimum atomic E-state index is -3.49. The Kier molecular flexibility index (Phi) is 6.47. The van der Waals surface area contributed by atoms with E-state index in [1.807, 2.05) is 6.92 Å². The van der Waals surface area contributed by atoms with E-state index in [1.54, 1.807) is 0 Å². The van der Waals surface area contributed by atoms with Gasteiger partial charge in [-0.2, -0.15) is 0 Å². The molecule has 0 aliphatic heterocycles. The van der Waals surface area contributed by atoms with Gasteiger partial charge in [0.15, 0.2) is 5.03 Å². The fraction of sp³-hybridized carbons (Fsp3) is 0.750. The molecule has 0 spiro atoms.